The normalized spacial score (nSPS) is 10.3. The van der Waals surface area contributed by atoms with Gasteiger partial charge in [-0.25, -0.2) is 14.4 Å². The van der Waals surface area contributed by atoms with E-state index in [1.54, 1.807) is 18.2 Å². The van der Waals surface area contributed by atoms with Crippen molar-refractivity contribution in [2.24, 2.45) is 0 Å². The predicted octanol–water partition coefficient (Wildman–Crippen LogP) is 3.88. The van der Waals surface area contributed by atoms with Crippen molar-refractivity contribution in [3.05, 3.63) is 77.9 Å². The molecule has 27 heavy (non-hydrogen) atoms. The number of hydrogen-bond acceptors (Lipinski definition) is 5. The number of ether oxygens (including phenoxy) is 1. The number of aromatic nitrogens is 2. The van der Waals surface area contributed by atoms with Crippen molar-refractivity contribution >= 4 is 17.4 Å². The molecule has 6 nitrogen and oxygen atoms in total. The van der Waals surface area contributed by atoms with Crippen LogP contribution in [0.4, 0.5) is 15.9 Å². The standard InChI is InChI=1S/C20H19FN4O2/c1-2-27-19-11-18(23-13-24-19)22-12-14-3-5-15(6-4-14)20(26)25-17-9-7-16(21)8-10-17/h3-11,13H,2,12H2,1H3,(H,25,26)(H,22,23,24). The van der Waals surface area contributed by atoms with Crippen molar-refractivity contribution in [3.63, 3.8) is 0 Å². The van der Waals surface area contributed by atoms with Crippen LogP contribution in [0, 0.1) is 5.82 Å². The molecule has 0 bridgehead atoms. The molecular formula is C20H19FN4O2. The van der Waals surface area contributed by atoms with Crippen molar-refractivity contribution in [3.8, 4) is 5.88 Å². The lowest BCUT2D eigenvalue weighted by Crippen LogP contribution is -2.12. The van der Waals surface area contributed by atoms with Crippen LogP contribution in [0.2, 0.25) is 0 Å². The van der Waals surface area contributed by atoms with E-state index in [0.717, 1.165) is 5.56 Å². The maximum absolute atomic E-state index is 12.9. The third-order valence-corrected chi connectivity index (χ3v) is 3.73. The zero-order valence-corrected chi connectivity index (χ0v) is 14.8. The van der Waals surface area contributed by atoms with Crippen molar-refractivity contribution in [2.45, 2.75) is 13.5 Å². The minimum Gasteiger partial charge on any atom is -0.478 e. The second-order valence-corrected chi connectivity index (χ2v) is 5.69. The highest BCUT2D eigenvalue weighted by atomic mass is 19.1. The van der Waals surface area contributed by atoms with Gasteiger partial charge in [-0.3, -0.25) is 4.79 Å². The van der Waals surface area contributed by atoms with Gasteiger partial charge in [-0.1, -0.05) is 12.1 Å². The van der Waals surface area contributed by atoms with Gasteiger partial charge < -0.3 is 15.4 Å². The van der Waals surface area contributed by atoms with E-state index < -0.39 is 0 Å². The Labute approximate surface area is 156 Å². The SMILES string of the molecule is CCOc1cc(NCc2ccc(C(=O)Nc3ccc(F)cc3)cc2)ncn1. The van der Waals surface area contributed by atoms with Crippen LogP contribution in [-0.4, -0.2) is 22.5 Å². The molecule has 0 fully saturated rings. The molecule has 0 saturated heterocycles. The fourth-order valence-corrected chi connectivity index (χ4v) is 2.37. The maximum atomic E-state index is 12.9. The quantitative estimate of drug-likeness (QED) is 0.664. The van der Waals surface area contributed by atoms with E-state index in [9.17, 15) is 9.18 Å². The Balaban J connectivity index is 1.57. The number of rotatable bonds is 7. The average Bonchev–Trinajstić information content (AvgIpc) is 2.69. The summed E-state index contributed by atoms with van der Waals surface area (Å²) >= 11 is 0. The minimum atomic E-state index is -0.345. The Morgan fingerprint density at radius 2 is 1.81 bits per heavy atom. The molecule has 3 aromatic rings. The number of nitrogens with zero attached hydrogens (tertiary/aromatic N) is 2. The monoisotopic (exact) mass is 366 g/mol. The Bertz CT molecular complexity index is 899. The second-order valence-electron chi connectivity index (χ2n) is 5.69. The molecule has 0 atom stereocenters. The van der Waals surface area contributed by atoms with E-state index in [2.05, 4.69) is 20.6 Å². The molecule has 2 aromatic carbocycles. The van der Waals surface area contributed by atoms with Gasteiger partial charge in [-0.15, -0.1) is 0 Å². The summed E-state index contributed by atoms with van der Waals surface area (Å²) in [7, 11) is 0. The third-order valence-electron chi connectivity index (χ3n) is 3.73. The van der Waals surface area contributed by atoms with Gasteiger partial charge in [-0.2, -0.15) is 0 Å². The summed E-state index contributed by atoms with van der Waals surface area (Å²) in [4.78, 5) is 20.4. The lowest BCUT2D eigenvalue weighted by Gasteiger charge is -2.09. The van der Waals surface area contributed by atoms with Gasteiger partial charge in [0.1, 0.15) is 18.0 Å². The van der Waals surface area contributed by atoms with Crippen LogP contribution in [0.15, 0.2) is 60.9 Å². The first-order valence-corrected chi connectivity index (χ1v) is 8.48. The molecule has 0 spiro atoms. The van der Waals surface area contributed by atoms with Crippen LogP contribution in [0.3, 0.4) is 0 Å². The largest absolute Gasteiger partial charge is 0.478 e. The molecule has 138 valence electrons. The van der Waals surface area contributed by atoms with Gasteiger partial charge in [0, 0.05) is 23.9 Å². The van der Waals surface area contributed by atoms with Crippen LogP contribution in [0.5, 0.6) is 5.88 Å². The topological polar surface area (TPSA) is 76.1 Å². The summed E-state index contributed by atoms with van der Waals surface area (Å²) in [6.45, 7) is 2.98. The Kier molecular flexibility index (Phi) is 5.94. The summed E-state index contributed by atoms with van der Waals surface area (Å²) in [6, 6.07) is 14.6. The van der Waals surface area contributed by atoms with Gasteiger partial charge in [0.05, 0.1) is 6.61 Å². The summed E-state index contributed by atoms with van der Waals surface area (Å²) in [5.41, 5.74) is 2.05. The van der Waals surface area contributed by atoms with E-state index in [-0.39, 0.29) is 11.7 Å². The zero-order chi connectivity index (χ0) is 19.1. The molecule has 1 amide bonds. The highest BCUT2D eigenvalue weighted by Gasteiger charge is 2.06. The van der Waals surface area contributed by atoms with E-state index in [0.29, 0.717) is 36.1 Å². The molecule has 0 aliphatic rings. The van der Waals surface area contributed by atoms with Gasteiger partial charge in [0.15, 0.2) is 0 Å². The Morgan fingerprint density at radius 1 is 1.07 bits per heavy atom. The minimum absolute atomic E-state index is 0.252. The number of nitrogens with one attached hydrogen (secondary N) is 2. The summed E-state index contributed by atoms with van der Waals surface area (Å²) in [6.07, 6.45) is 1.44. The van der Waals surface area contributed by atoms with Crippen LogP contribution in [0.25, 0.3) is 0 Å². The van der Waals surface area contributed by atoms with Gasteiger partial charge in [0.2, 0.25) is 5.88 Å². The van der Waals surface area contributed by atoms with Crippen LogP contribution < -0.4 is 15.4 Å². The summed E-state index contributed by atoms with van der Waals surface area (Å²) in [5, 5.41) is 5.92. The molecule has 0 aliphatic carbocycles. The van der Waals surface area contributed by atoms with Crippen LogP contribution in [0.1, 0.15) is 22.8 Å². The first kappa shape index (κ1) is 18.3. The molecular weight excluding hydrogens is 347 g/mol. The molecule has 1 aromatic heterocycles. The molecule has 0 radical (unpaired) electrons. The fourth-order valence-electron chi connectivity index (χ4n) is 2.37. The van der Waals surface area contributed by atoms with E-state index in [4.69, 9.17) is 4.74 Å². The predicted molar refractivity (Wildman–Crippen MR) is 101 cm³/mol. The molecule has 2 N–H and O–H groups in total. The Morgan fingerprint density at radius 3 is 2.52 bits per heavy atom. The number of carbonyl (C=O) groups excluding carboxylic acids is 1. The average molecular weight is 366 g/mol. The smallest absolute Gasteiger partial charge is 0.255 e. The molecule has 0 aliphatic heterocycles. The van der Waals surface area contributed by atoms with Crippen molar-refractivity contribution in [2.75, 3.05) is 17.2 Å². The highest BCUT2D eigenvalue weighted by Crippen LogP contribution is 2.14. The molecule has 0 unspecified atom stereocenters. The first-order valence-electron chi connectivity index (χ1n) is 8.48. The van der Waals surface area contributed by atoms with Gasteiger partial charge >= 0.3 is 0 Å². The molecule has 7 heteroatoms. The molecule has 1 heterocycles. The number of anilines is 2. The number of benzene rings is 2. The number of amides is 1. The van der Waals surface area contributed by atoms with Crippen molar-refractivity contribution in [1.29, 1.82) is 0 Å². The summed E-state index contributed by atoms with van der Waals surface area (Å²) in [5.74, 6) is 0.578. The molecule has 3 rings (SSSR count). The Hall–Kier alpha value is -3.48. The zero-order valence-electron chi connectivity index (χ0n) is 14.8. The number of hydrogen-bond donors (Lipinski definition) is 2. The highest BCUT2D eigenvalue weighted by molar-refractivity contribution is 6.04. The lowest BCUT2D eigenvalue weighted by atomic mass is 10.1. The van der Waals surface area contributed by atoms with E-state index in [1.165, 1.54) is 30.6 Å². The van der Waals surface area contributed by atoms with Crippen molar-refractivity contribution < 1.29 is 13.9 Å². The number of halogens is 1. The van der Waals surface area contributed by atoms with E-state index in [1.807, 2.05) is 19.1 Å². The van der Waals surface area contributed by atoms with Crippen molar-refractivity contribution in [1.82, 2.24) is 9.97 Å². The maximum Gasteiger partial charge on any atom is 0.255 e. The number of carbonyl (C=O) groups is 1. The van der Waals surface area contributed by atoms with Crippen LogP contribution in [-0.2, 0) is 6.54 Å². The second kappa shape index (κ2) is 8.75. The summed E-state index contributed by atoms with van der Waals surface area (Å²) < 4.78 is 18.3. The molecule has 0 saturated carbocycles. The lowest BCUT2D eigenvalue weighted by molar-refractivity contribution is 0.102. The van der Waals surface area contributed by atoms with Gasteiger partial charge in [0.25, 0.3) is 5.91 Å². The van der Waals surface area contributed by atoms with Gasteiger partial charge in [-0.05, 0) is 48.9 Å². The van der Waals surface area contributed by atoms with E-state index >= 15 is 0 Å². The third kappa shape index (κ3) is 5.24. The first-order chi connectivity index (χ1) is 13.1. The van der Waals surface area contributed by atoms with Crippen LogP contribution >= 0.6 is 0 Å². The fraction of sp³-hybridized carbons (Fsp3) is 0.150.